The quantitative estimate of drug-likeness (QED) is 0.626. The van der Waals surface area contributed by atoms with Crippen LogP contribution in [0.5, 0.6) is 0 Å². The van der Waals surface area contributed by atoms with Crippen LogP contribution in [0.25, 0.3) is 0 Å². The Morgan fingerprint density at radius 3 is 2.00 bits per heavy atom. The van der Waals surface area contributed by atoms with E-state index < -0.39 is 0 Å². The minimum absolute atomic E-state index is 0.722. The number of hydrogen-bond acceptors (Lipinski definition) is 1. The highest BCUT2D eigenvalue weighted by Gasteiger charge is 1.99. The van der Waals surface area contributed by atoms with Crippen LogP contribution in [0, 0.1) is 5.92 Å². The zero-order valence-electron chi connectivity index (χ0n) is 7.14. The molecule has 0 saturated carbocycles. The fraction of sp³-hybridized carbons (Fsp3) is 0.778. The molecule has 60 valence electrons. The molecule has 0 rings (SSSR count). The Balaban J connectivity index is 3.50. The molecule has 10 heavy (non-hydrogen) atoms. The van der Waals surface area contributed by atoms with E-state index in [1.807, 2.05) is 0 Å². The van der Waals surface area contributed by atoms with Crippen molar-refractivity contribution in [3.05, 3.63) is 12.3 Å². The van der Waals surface area contributed by atoms with Gasteiger partial charge in [0, 0.05) is 0 Å². The summed E-state index contributed by atoms with van der Waals surface area (Å²) in [6.07, 6.45) is 8.87. The number of allylic oxidation sites excluding steroid dienone is 1. The maximum Gasteiger partial charge on any atom is -0.0100 e. The molecule has 0 spiro atoms. The third-order valence-corrected chi connectivity index (χ3v) is 1.70. The summed E-state index contributed by atoms with van der Waals surface area (Å²) >= 11 is 0. The maximum absolute atomic E-state index is 5.31. The molecule has 0 fully saturated rings. The molecule has 0 aliphatic carbocycles. The lowest BCUT2D eigenvalue weighted by Crippen LogP contribution is -1.96. The lowest BCUT2D eigenvalue weighted by Gasteiger charge is -2.08. The van der Waals surface area contributed by atoms with E-state index in [2.05, 4.69) is 19.9 Å². The van der Waals surface area contributed by atoms with Gasteiger partial charge in [-0.1, -0.05) is 32.8 Å². The molecule has 0 heterocycles. The van der Waals surface area contributed by atoms with Crippen molar-refractivity contribution in [1.82, 2.24) is 0 Å². The SMILES string of the molecule is CCCC(/C=C/N)CCC. The molecule has 0 aromatic rings. The van der Waals surface area contributed by atoms with Gasteiger partial charge < -0.3 is 5.73 Å². The standard InChI is InChI=1S/C9H19N/c1-3-5-9(6-4-2)7-8-10/h7-9H,3-6,10H2,1-2H3/b8-7+. The molecule has 0 radical (unpaired) electrons. The molecule has 0 saturated heterocycles. The minimum Gasteiger partial charge on any atom is -0.405 e. The minimum atomic E-state index is 0.722. The zero-order chi connectivity index (χ0) is 7.82. The molecule has 2 N–H and O–H groups in total. The van der Waals surface area contributed by atoms with Crippen molar-refractivity contribution in [1.29, 1.82) is 0 Å². The summed E-state index contributed by atoms with van der Waals surface area (Å²) in [6, 6.07) is 0. The monoisotopic (exact) mass is 141 g/mol. The summed E-state index contributed by atoms with van der Waals surface area (Å²) in [6.45, 7) is 4.43. The predicted molar refractivity (Wildman–Crippen MR) is 46.6 cm³/mol. The zero-order valence-corrected chi connectivity index (χ0v) is 7.14. The lowest BCUT2D eigenvalue weighted by molar-refractivity contribution is 0.529. The average Bonchev–Trinajstić information content (AvgIpc) is 1.90. The Bertz CT molecular complexity index is 80.7. The Morgan fingerprint density at radius 1 is 1.20 bits per heavy atom. The highest BCUT2D eigenvalue weighted by molar-refractivity contribution is 4.83. The van der Waals surface area contributed by atoms with Gasteiger partial charge in [0.15, 0.2) is 0 Å². The van der Waals surface area contributed by atoms with Gasteiger partial charge in [0.25, 0.3) is 0 Å². The first-order valence-electron chi connectivity index (χ1n) is 4.23. The molecular weight excluding hydrogens is 122 g/mol. The van der Waals surface area contributed by atoms with Crippen LogP contribution < -0.4 is 5.73 Å². The van der Waals surface area contributed by atoms with Crippen molar-refractivity contribution in [3.63, 3.8) is 0 Å². The van der Waals surface area contributed by atoms with Gasteiger partial charge in [0.2, 0.25) is 0 Å². The van der Waals surface area contributed by atoms with Crippen LogP contribution in [0.4, 0.5) is 0 Å². The van der Waals surface area contributed by atoms with Crippen LogP contribution in [0.2, 0.25) is 0 Å². The summed E-state index contributed by atoms with van der Waals surface area (Å²) < 4.78 is 0. The third-order valence-electron chi connectivity index (χ3n) is 1.70. The van der Waals surface area contributed by atoms with Gasteiger partial charge in [-0.15, -0.1) is 0 Å². The van der Waals surface area contributed by atoms with Gasteiger partial charge in [-0.25, -0.2) is 0 Å². The van der Waals surface area contributed by atoms with Crippen LogP contribution in [0.3, 0.4) is 0 Å². The van der Waals surface area contributed by atoms with Gasteiger partial charge in [0.1, 0.15) is 0 Å². The molecule has 0 aromatic heterocycles. The first-order chi connectivity index (χ1) is 4.85. The average molecular weight is 141 g/mol. The van der Waals surface area contributed by atoms with E-state index in [0.717, 1.165) is 5.92 Å². The fourth-order valence-corrected chi connectivity index (χ4v) is 1.24. The Morgan fingerprint density at radius 2 is 1.70 bits per heavy atom. The fourth-order valence-electron chi connectivity index (χ4n) is 1.24. The van der Waals surface area contributed by atoms with Crippen LogP contribution in [-0.4, -0.2) is 0 Å². The highest BCUT2D eigenvalue weighted by atomic mass is 14.5. The van der Waals surface area contributed by atoms with Crippen molar-refractivity contribution in [2.75, 3.05) is 0 Å². The summed E-state index contributed by atoms with van der Waals surface area (Å²) in [4.78, 5) is 0. The van der Waals surface area contributed by atoms with E-state index in [-0.39, 0.29) is 0 Å². The second kappa shape index (κ2) is 6.66. The van der Waals surface area contributed by atoms with E-state index in [1.165, 1.54) is 25.7 Å². The van der Waals surface area contributed by atoms with Crippen LogP contribution >= 0.6 is 0 Å². The second-order valence-electron chi connectivity index (χ2n) is 2.72. The molecule has 0 aliphatic heterocycles. The van der Waals surface area contributed by atoms with Gasteiger partial charge >= 0.3 is 0 Å². The third kappa shape index (κ3) is 4.42. The molecule has 0 bridgehead atoms. The Kier molecular flexibility index (Phi) is 6.35. The van der Waals surface area contributed by atoms with E-state index in [4.69, 9.17) is 5.73 Å². The van der Waals surface area contributed by atoms with Crippen LogP contribution in [0.15, 0.2) is 12.3 Å². The van der Waals surface area contributed by atoms with Crippen molar-refractivity contribution in [3.8, 4) is 0 Å². The Labute approximate surface area is 64.3 Å². The topological polar surface area (TPSA) is 26.0 Å². The summed E-state index contributed by atoms with van der Waals surface area (Å²) in [5.74, 6) is 0.722. The molecular formula is C9H19N. The summed E-state index contributed by atoms with van der Waals surface area (Å²) in [5.41, 5.74) is 5.31. The molecule has 0 unspecified atom stereocenters. The maximum atomic E-state index is 5.31. The normalized spacial score (nSPS) is 11.5. The Hall–Kier alpha value is -0.460. The molecule has 1 heteroatoms. The van der Waals surface area contributed by atoms with E-state index in [9.17, 15) is 0 Å². The smallest absolute Gasteiger partial charge is 0.0100 e. The first-order valence-corrected chi connectivity index (χ1v) is 4.23. The second-order valence-corrected chi connectivity index (χ2v) is 2.72. The molecule has 0 amide bonds. The molecule has 0 atom stereocenters. The largest absolute Gasteiger partial charge is 0.405 e. The lowest BCUT2D eigenvalue weighted by atomic mass is 9.98. The van der Waals surface area contributed by atoms with E-state index in [1.54, 1.807) is 6.20 Å². The van der Waals surface area contributed by atoms with Gasteiger partial charge in [-0.05, 0) is 25.0 Å². The van der Waals surface area contributed by atoms with Gasteiger partial charge in [-0.3, -0.25) is 0 Å². The van der Waals surface area contributed by atoms with Crippen LogP contribution in [0.1, 0.15) is 39.5 Å². The summed E-state index contributed by atoms with van der Waals surface area (Å²) in [7, 11) is 0. The number of rotatable bonds is 5. The van der Waals surface area contributed by atoms with E-state index in [0.29, 0.717) is 0 Å². The number of nitrogens with two attached hydrogens (primary N) is 1. The van der Waals surface area contributed by atoms with Crippen LogP contribution in [-0.2, 0) is 0 Å². The predicted octanol–water partition coefficient (Wildman–Crippen LogP) is 2.68. The van der Waals surface area contributed by atoms with Crippen molar-refractivity contribution >= 4 is 0 Å². The van der Waals surface area contributed by atoms with Gasteiger partial charge in [0.05, 0.1) is 0 Å². The number of hydrogen-bond donors (Lipinski definition) is 1. The van der Waals surface area contributed by atoms with Crippen molar-refractivity contribution < 1.29 is 0 Å². The van der Waals surface area contributed by atoms with E-state index >= 15 is 0 Å². The highest BCUT2D eigenvalue weighted by Crippen LogP contribution is 2.13. The van der Waals surface area contributed by atoms with Crippen molar-refractivity contribution in [2.45, 2.75) is 39.5 Å². The summed E-state index contributed by atoms with van der Waals surface area (Å²) in [5, 5.41) is 0. The first kappa shape index (κ1) is 9.54. The van der Waals surface area contributed by atoms with Gasteiger partial charge in [-0.2, -0.15) is 0 Å². The molecule has 1 nitrogen and oxygen atoms in total. The van der Waals surface area contributed by atoms with Crippen molar-refractivity contribution in [2.24, 2.45) is 11.7 Å². The molecule has 0 aliphatic rings. The molecule has 0 aromatic carbocycles.